The highest BCUT2D eigenvalue weighted by Crippen LogP contribution is 2.19. The van der Waals surface area contributed by atoms with Crippen LogP contribution in [0.3, 0.4) is 0 Å². The first-order valence-corrected chi connectivity index (χ1v) is 5.37. The highest BCUT2D eigenvalue weighted by atomic mass is 19.2. The van der Waals surface area contributed by atoms with Crippen LogP contribution in [-0.4, -0.2) is 17.8 Å². The van der Waals surface area contributed by atoms with Gasteiger partial charge in [-0.3, -0.25) is 0 Å². The summed E-state index contributed by atoms with van der Waals surface area (Å²) < 4.78 is 26.4. The molecule has 0 bridgehead atoms. The lowest BCUT2D eigenvalue weighted by molar-refractivity contribution is 0.264. The first-order valence-electron chi connectivity index (χ1n) is 5.37. The van der Waals surface area contributed by atoms with E-state index in [9.17, 15) is 8.78 Å². The molecule has 2 nitrogen and oxygen atoms in total. The average Bonchev–Trinajstić information content (AvgIpc) is 2.22. The zero-order chi connectivity index (χ0) is 12.1. The summed E-state index contributed by atoms with van der Waals surface area (Å²) >= 11 is 0. The molecule has 0 aliphatic carbocycles. The molecule has 90 valence electrons. The van der Waals surface area contributed by atoms with Crippen molar-refractivity contribution in [1.29, 1.82) is 0 Å². The molecule has 1 aromatic carbocycles. The van der Waals surface area contributed by atoms with Crippen LogP contribution < -0.4 is 5.32 Å². The van der Waals surface area contributed by atoms with E-state index < -0.39 is 11.6 Å². The summed E-state index contributed by atoms with van der Waals surface area (Å²) in [4.78, 5) is 0. The summed E-state index contributed by atoms with van der Waals surface area (Å²) in [5.74, 6) is -1.64. The number of hydrogen-bond acceptors (Lipinski definition) is 2. The second kappa shape index (κ2) is 5.92. The van der Waals surface area contributed by atoms with Gasteiger partial charge < -0.3 is 10.4 Å². The molecule has 2 atom stereocenters. The third kappa shape index (κ3) is 3.25. The topological polar surface area (TPSA) is 32.3 Å². The molecule has 0 aliphatic rings. The Morgan fingerprint density at radius 1 is 1.31 bits per heavy atom. The van der Waals surface area contributed by atoms with Crippen LogP contribution in [0.15, 0.2) is 18.2 Å². The molecule has 0 spiro atoms. The van der Waals surface area contributed by atoms with Gasteiger partial charge in [0.25, 0.3) is 0 Å². The third-order valence-electron chi connectivity index (χ3n) is 2.54. The number of hydrogen-bond donors (Lipinski definition) is 2. The Hall–Kier alpha value is -1.00. The highest BCUT2D eigenvalue weighted by molar-refractivity contribution is 5.22. The number of aliphatic hydroxyl groups excluding tert-OH is 1. The number of rotatable bonds is 5. The molecule has 0 heterocycles. The molecule has 0 aromatic heterocycles. The quantitative estimate of drug-likeness (QED) is 0.812. The van der Waals surface area contributed by atoms with E-state index in [1.807, 2.05) is 6.92 Å². The second-order valence-corrected chi connectivity index (χ2v) is 3.94. The maximum Gasteiger partial charge on any atom is 0.163 e. The van der Waals surface area contributed by atoms with Gasteiger partial charge in [-0.15, -0.1) is 0 Å². The summed E-state index contributed by atoms with van der Waals surface area (Å²) in [7, 11) is 0. The molecular formula is C12H17F2NO. The Labute approximate surface area is 94.3 Å². The Morgan fingerprint density at radius 2 is 2.00 bits per heavy atom. The van der Waals surface area contributed by atoms with E-state index in [2.05, 4.69) is 5.32 Å². The molecule has 0 saturated heterocycles. The molecule has 4 heteroatoms. The number of benzene rings is 1. The molecule has 0 amide bonds. The lowest BCUT2D eigenvalue weighted by Gasteiger charge is -2.20. The molecule has 1 unspecified atom stereocenters. The van der Waals surface area contributed by atoms with E-state index in [0.29, 0.717) is 12.0 Å². The summed E-state index contributed by atoms with van der Waals surface area (Å²) in [6, 6.07) is 3.92. The van der Waals surface area contributed by atoms with Crippen LogP contribution in [-0.2, 0) is 0 Å². The van der Waals surface area contributed by atoms with Crippen molar-refractivity contribution in [3.63, 3.8) is 0 Å². The van der Waals surface area contributed by atoms with Gasteiger partial charge in [0.1, 0.15) is 0 Å². The van der Waals surface area contributed by atoms with Gasteiger partial charge in [-0.1, -0.05) is 12.1 Å². The minimum absolute atomic E-state index is 0.0580. The van der Waals surface area contributed by atoms with Crippen molar-refractivity contribution in [1.82, 2.24) is 5.32 Å². The SMILES string of the molecule is CC(N[C@H](C)CCO)c1cccc(F)c1F. The van der Waals surface area contributed by atoms with Gasteiger partial charge in [-0.05, 0) is 26.3 Å². The van der Waals surface area contributed by atoms with Gasteiger partial charge in [0.05, 0.1) is 0 Å². The zero-order valence-electron chi connectivity index (χ0n) is 9.50. The largest absolute Gasteiger partial charge is 0.396 e. The Morgan fingerprint density at radius 3 is 2.62 bits per heavy atom. The van der Waals surface area contributed by atoms with Crippen molar-refractivity contribution in [3.8, 4) is 0 Å². The number of nitrogens with one attached hydrogen (secondary N) is 1. The fraction of sp³-hybridized carbons (Fsp3) is 0.500. The smallest absolute Gasteiger partial charge is 0.163 e. The normalized spacial score (nSPS) is 14.8. The van der Waals surface area contributed by atoms with E-state index in [0.717, 1.165) is 6.07 Å². The van der Waals surface area contributed by atoms with Crippen LogP contribution in [0.2, 0.25) is 0 Å². The second-order valence-electron chi connectivity index (χ2n) is 3.94. The number of aliphatic hydroxyl groups is 1. The fourth-order valence-electron chi connectivity index (χ4n) is 1.65. The lowest BCUT2D eigenvalue weighted by Crippen LogP contribution is -2.30. The molecule has 0 aliphatic heterocycles. The van der Waals surface area contributed by atoms with Gasteiger partial charge >= 0.3 is 0 Å². The molecule has 0 radical (unpaired) electrons. The van der Waals surface area contributed by atoms with E-state index >= 15 is 0 Å². The molecule has 1 aromatic rings. The van der Waals surface area contributed by atoms with Crippen LogP contribution in [0.1, 0.15) is 31.9 Å². The summed E-state index contributed by atoms with van der Waals surface area (Å²) in [5.41, 5.74) is 0.310. The minimum Gasteiger partial charge on any atom is -0.396 e. The van der Waals surface area contributed by atoms with Gasteiger partial charge in [0.15, 0.2) is 11.6 Å². The third-order valence-corrected chi connectivity index (χ3v) is 2.54. The van der Waals surface area contributed by atoms with Crippen molar-refractivity contribution in [2.24, 2.45) is 0 Å². The van der Waals surface area contributed by atoms with Crippen molar-refractivity contribution in [2.75, 3.05) is 6.61 Å². The Bertz CT molecular complexity index is 344. The Kier molecular flexibility index (Phi) is 4.83. The van der Waals surface area contributed by atoms with Gasteiger partial charge in [-0.2, -0.15) is 0 Å². The molecule has 0 fully saturated rings. The monoisotopic (exact) mass is 229 g/mol. The fourth-order valence-corrected chi connectivity index (χ4v) is 1.65. The van der Waals surface area contributed by atoms with E-state index in [1.165, 1.54) is 6.07 Å². The van der Waals surface area contributed by atoms with Gasteiger partial charge in [0, 0.05) is 24.3 Å². The predicted octanol–water partition coefficient (Wildman–Crippen LogP) is 2.39. The maximum absolute atomic E-state index is 13.4. The van der Waals surface area contributed by atoms with Gasteiger partial charge in [-0.25, -0.2) is 8.78 Å². The van der Waals surface area contributed by atoms with Crippen LogP contribution in [0, 0.1) is 11.6 Å². The number of halogens is 2. The van der Waals surface area contributed by atoms with Crippen molar-refractivity contribution in [3.05, 3.63) is 35.4 Å². The average molecular weight is 229 g/mol. The highest BCUT2D eigenvalue weighted by Gasteiger charge is 2.15. The molecule has 1 rings (SSSR count). The van der Waals surface area contributed by atoms with E-state index in [1.54, 1.807) is 13.0 Å². The van der Waals surface area contributed by atoms with Crippen LogP contribution in [0.5, 0.6) is 0 Å². The van der Waals surface area contributed by atoms with Crippen LogP contribution >= 0.6 is 0 Å². The molecule has 0 saturated carbocycles. The minimum atomic E-state index is -0.832. The van der Waals surface area contributed by atoms with Gasteiger partial charge in [0.2, 0.25) is 0 Å². The predicted molar refractivity (Wildman–Crippen MR) is 59.1 cm³/mol. The first-order chi connectivity index (χ1) is 7.56. The molecular weight excluding hydrogens is 212 g/mol. The maximum atomic E-state index is 13.4. The van der Waals surface area contributed by atoms with E-state index in [4.69, 9.17) is 5.11 Å². The lowest BCUT2D eigenvalue weighted by atomic mass is 10.1. The van der Waals surface area contributed by atoms with E-state index in [-0.39, 0.29) is 18.7 Å². The standard InChI is InChI=1S/C12H17F2NO/c1-8(6-7-16)15-9(2)10-4-3-5-11(13)12(10)14/h3-5,8-9,15-16H,6-7H2,1-2H3/t8-,9?/m1/s1. The zero-order valence-corrected chi connectivity index (χ0v) is 9.50. The summed E-state index contributed by atoms with van der Waals surface area (Å²) in [6.45, 7) is 3.74. The first kappa shape index (κ1) is 13.1. The van der Waals surface area contributed by atoms with Crippen molar-refractivity contribution >= 4 is 0 Å². The molecule has 2 N–H and O–H groups in total. The molecule has 16 heavy (non-hydrogen) atoms. The van der Waals surface area contributed by atoms with Crippen molar-refractivity contribution in [2.45, 2.75) is 32.4 Å². The van der Waals surface area contributed by atoms with Crippen molar-refractivity contribution < 1.29 is 13.9 Å². The Balaban J connectivity index is 2.72. The summed E-state index contributed by atoms with van der Waals surface area (Å²) in [5, 5.41) is 11.8. The van der Waals surface area contributed by atoms with Crippen LogP contribution in [0.25, 0.3) is 0 Å². The summed E-state index contributed by atoms with van der Waals surface area (Å²) in [6.07, 6.45) is 0.585. The van der Waals surface area contributed by atoms with Crippen LogP contribution in [0.4, 0.5) is 8.78 Å².